The van der Waals surface area contributed by atoms with E-state index in [0.29, 0.717) is 0 Å². The van der Waals surface area contributed by atoms with Crippen molar-refractivity contribution in [2.75, 3.05) is 0 Å². The fourth-order valence-corrected chi connectivity index (χ4v) is 6.33. The molecule has 0 heteroatoms. The summed E-state index contributed by atoms with van der Waals surface area (Å²) in [7, 11) is 0. The SMILES string of the molecule is CCCCCCCCc1ccc2c(ccc3c2ccc2c4ccc(CCCCCCCC)cc4ccc23)c1. The second-order valence-electron chi connectivity index (χ2n) is 11.5. The summed E-state index contributed by atoms with van der Waals surface area (Å²) in [6.07, 6.45) is 18.7. The van der Waals surface area contributed by atoms with Crippen LogP contribution in [0.15, 0.2) is 72.8 Å². The molecule has 0 aliphatic heterocycles. The molecule has 5 rings (SSSR count). The van der Waals surface area contributed by atoms with E-state index in [2.05, 4.69) is 86.6 Å². The molecule has 5 aromatic rings. The third-order valence-electron chi connectivity index (χ3n) is 8.60. The molecule has 0 radical (unpaired) electrons. The van der Waals surface area contributed by atoms with Gasteiger partial charge < -0.3 is 0 Å². The first-order chi connectivity index (χ1) is 18.8. The van der Waals surface area contributed by atoms with Crippen molar-refractivity contribution < 1.29 is 0 Å². The van der Waals surface area contributed by atoms with Crippen molar-refractivity contribution in [2.45, 2.75) is 104 Å². The molecule has 0 aromatic heterocycles. The van der Waals surface area contributed by atoms with Gasteiger partial charge in [0.25, 0.3) is 0 Å². The van der Waals surface area contributed by atoms with Crippen molar-refractivity contribution in [1.82, 2.24) is 0 Å². The summed E-state index contributed by atoms with van der Waals surface area (Å²) in [6.45, 7) is 4.58. The van der Waals surface area contributed by atoms with Crippen LogP contribution in [0.4, 0.5) is 0 Å². The Labute approximate surface area is 230 Å². The summed E-state index contributed by atoms with van der Waals surface area (Å²) in [6, 6.07) is 28.4. The molecule has 0 saturated heterocycles. The van der Waals surface area contributed by atoms with Gasteiger partial charge in [-0.15, -0.1) is 0 Å². The number of unbranched alkanes of at least 4 members (excludes halogenated alkanes) is 10. The van der Waals surface area contributed by atoms with Gasteiger partial charge in [0.2, 0.25) is 0 Å². The van der Waals surface area contributed by atoms with E-state index in [1.807, 2.05) is 0 Å². The zero-order valence-electron chi connectivity index (χ0n) is 23.8. The van der Waals surface area contributed by atoms with Crippen molar-refractivity contribution in [3.05, 3.63) is 83.9 Å². The van der Waals surface area contributed by atoms with Gasteiger partial charge in [0.1, 0.15) is 0 Å². The summed E-state index contributed by atoms with van der Waals surface area (Å²) in [5.41, 5.74) is 2.96. The van der Waals surface area contributed by atoms with Crippen molar-refractivity contribution >= 4 is 43.1 Å². The van der Waals surface area contributed by atoms with Crippen molar-refractivity contribution in [3.63, 3.8) is 0 Å². The highest BCUT2D eigenvalue weighted by molar-refractivity contribution is 6.22. The van der Waals surface area contributed by atoms with Crippen LogP contribution in [0, 0.1) is 0 Å². The van der Waals surface area contributed by atoms with Crippen LogP contribution in [0.3, 0.4) is 0 Å². The van der Waals surface area contributed by atoms with Crippen LogP contribution >= 0.6 is 0 Å². The average Bonchev–Trinajstić information content (AvgIpc) is 2.95. The lowest BCUT2D eigenvalue weighted by Crippen LogP contribution is -1.89. The second-order valence-corrected chi connectivity index (χ2v) is 11.5. The van der Waals surface area contributed by atoms with Gasteiger partial charge >= 0.3 is 0 Å². The molecule has 0 bridgehead atoms. The summed E-state index contributed by atoms with van der Waals surface area (Å²) in [5.74, 6) is 0. The van der Waals surface area contributed by atoms with Gasteiger partial charge in [0.15, 0.2) is 0 Å². The topological polar surface area (TPSA) is 0 Å². The summed E-state index contributed by atoms with van der Waals surface area (Å²) in [5, 5.41) is 11.0. The van der Waals surface area contributed by atoms with E-state index >= 15 is 0 Å². The third kappa shape index (κ3) is 6.23. The molecule has 198 valence electrons. The lowest BCUT2D eigenvalue weighted by Gasteiger charge is -2.12. The lowest BCUT2D eigenvalue weighted by atomic mass is 9.92. The van der Waals surface area contributed by atoms with Crippen LogP contribution in [-0.4, -0.2) is 0 Å². The van der Waals surface area contributed by atoms with Crippen LogP contribution in [0.5, 0.6) is 0 Å². The minimum atomic E-state index is 1.20. The fraction of sp³-hybridized carbons (Fsp3) is 0.421. The molecule has 0 aliphatic rings. The number of fused-ring (bicyclic) bond motifs is 7. The van der Waals surface area contributed by atoms with Crippen molar-refractivity contribution in [3.8, 4) is 0 Å². The first-order valence-electron chi connectivity index (χ1n) is 15.6. The highest BCUT2D eigenvalue weighted by Gasteiger charge is 2.09. The Morgan fingerprint density at radius 2 is 0.684 bits per heavy atom. The molecule has 0 nitrogen and oxygen atoms in total. The fourth-order valence-electron chi connectivity index (χ4n) is 6.33. The molecule has 0 atom stereocenters. The number of hydrogen-bond donors (Lipinski definition) is 0. The number of benzene rings is 5. The van der Waals surface area contributed by atoms with Crippen LogP contribution in [0.2, 0.25) is 0 Å². The molecule has 0 fully saturated rings. The number of hydrogen-bond acceptors (Lipinski definition) is 0. The Bertz CT molecular complexity index is 1370. The van der Waals surface area contributed by atoms with Crippen molar-refractivity contribution in [2.24, 2.45) is 0 Å². The van der Waals surface area contributed by atoms with Crippen LogP contribution in [0.1, 0.15) is 102 Å². The van der Waals surface area contributed by atoms with E-state index in [0.717, 1.165) is 0 Å². The molecule has 0 amide bonds. The van der Waals surface area contributed by atoms with E-state index in [1.165, 1.54) is 144 Å². The standard InChI is InChI=1S/C38H46/c1-3-5-7-9-11-13-15-29-17-21-33-31(27-29)19-23-37-35(33)25-26-36-34-22-18-30(16-14-12-10-8-6-4-2)28-32(34)20-24-38(36)37/h17-28H,3-16H2,1-2H3. The molecule has 38 heavy (non-hydrogen) atoms. The van der Waals surface area contributed by atoms with Gasteiger partial charge in [-0.05, 0) is 79.9 Å². The quantitative estimate of drug-likeness (QED) is 0.105. The highest BCUT2D eigenvalue weighted by Crippen LogP contribution is 2.35. The molecule has 0 aliphatic carbocycles. The maximum Gasteiger partial charge on any atom is -0.00987 e. The van der Waals surface area contributed by atoms with Crippen LogP contribution in [0.25, 0.3) is 43.1 Å². The molecule has 0 heterocycles. The molecular weight excluding hydrogens is 456 g/mol. The number of rotatable bonds is 14. The zero-order chi connectivity index (χ0) is 26.2. The zero-order valence-corrected chi connectivity index (χ0v) is 23.8. The van der Waals surface area contributed by atoms with Gasteiger partial charge in [-0.3, -0.25) is 0 Å². The highest BCUT2D eigenvalue weighted by atomic mass is 14.1. The van der Waals surface area contributed by atoms with E-state index in [4.69, 9.17) is 0 Å². The number of aryl methyl sites for hydroxylation is 2. The van der Waals surface area contributed by atoms with Gasteiger partial charge in [-0.25, -0.2) is 0 Å². The van der Waals surface area contributed by atoms with Gasteiger partial charge in [-0.1, -0.05) is 151 Å². The van der Waals surface area contributed by atoms with Gasteiger partial charge in [0, 0.05) is 0 Å². The van der Waals surface area contributed by atoms with E-state index in [-0.39, 0.29) is 0 Å². The lowest BCUT2D eigenvalue weighted by molar-refractivity contribution is 0.607. The summed E-state index contributed by atoms with van der Waals surface area (Å²) < 4.78 is 0. The summed E-state index contributed by atoms with van der Waals surface area (Å²) in [4.78, 5) is 0. The predicted molar refractivity (Wildman–Crippen MR) is 171 cm³/mol. The maximum absolute atomic E-state index is 2.43. The largest absolute Gasteiger partial charge is 0.0654 e. The maximum atomic E-state index is 2.43. The van der Waals surface area contributed by atoms with Crippen LogP contribution < -0.4 is 0 Å². The Hall–Kier alpha value is -2.86. The molecule has 0 spiro atoms. The van der Waals surface area contributed by atoms with Gasteiger partial charge in [0.05, 0.1) is 0 Å². The minimum absolute atomic E-state index is 1.20. The Kier molecular flexibility index (Phi) is 9.34. The van der Waals surface area contributed by atoms with Gasteiger partial charge in [-0.2, -0.15) is 0 Å². The second kappa shape index (κ2) is 13.3. The summed E-state index contributed by atoms with van der Waals surface area (Å²) >= 11 is 0. The van der Waals surface area contributed by atoms with Crippen molar-refractivity contribution in [1.29, 1.82) is 0 Å². The predicted octanol–water partition coefficient (Wildman–Crippen LogP) is 12.1. The monoisotopic (exact) mass is 502 g/mol. The van der Waals surface area contributed by atoms with E-state index in [9.17, 15) is 0 Å². The Morgan fingerprint density at radius 3 is 1.13 bits per heavy atom. The molecule has 0 N–H and O–H groups in total. The average molecular weight is 503 g/mol. The Morgan fingerprint density at radius 1 is 0.342 bits per heavy atom. The third-order valence-corrected chi connectivity index (χ3v) is 8.60. The first-order valence-corrected chi connectivity index (χ1v) is 15.6. The normalized spacial score (nSPS) is 11.8. The minimum Gasteiger partial charge on any atom is -0.0654 e. The molecule has 0 unspecified atom stereocenters. The van der Waals surface area contributed by atoms with Crippen LogP contribution in [-0.2, 0) is 12.8 Å². The molecule has 5 aromatic carbocycles. The van der Waals surface area contributed by atoms with E-state index < -0.39 is 0 Å². The van der Waals surface area contributed by atoms with E-state index in [1.54, 1.807) is 0 Å². The first kappa shape index (κ1) is 26.7. The molecular formula is C38H46. The smallest absolute Gasteiger partial charge is 0.00987 e. The molecule has 0 saturated carbocycles. The Balaban J connectivity index is 1.34.